The second-order valence-electron chi connectivity index (χ2n) is 13.0. The second kappa shape index (κ2) is 11.7. The van der Waals surface area contributed by atoms with Crippen molar-refractivity contribution in [3.8, 4) is 33.4 Å². The largest absolute Gasteiger partial charge is 0.354 e. The number of hydrogen-bond acceptors (Lipinski definition) is 2. The smallest absolute Gasteiger partial charge is 0.0597 e. The molecule has 0 atom stereocenters. The van der Waals surface area contributed by atoms with Crippen LogP contribution in [0, 0.1) is 0 Å². The molecule has 0 aliphatic heterocycles. The van der Waals surface area contributed by atoms with Gasteiger partial charge in [0.1, 0.15) is 0 Å². The summed E-state index contributed by atoms with van der Waals surface area (Å²) in [5.41, 5.74) is 9.65. The van der Waals surface area contributed by atoms with Crippen LogP contribution in [0.2, 0.25) is 0 Å². The molecule has 10 aromatic rings. The van der Waals surface area contributed by atoms with E-state index in [0.717, 1.165) is 11.4 Å². The molecule has 1 N–H and O–H groups in total. The average Bonchev–Trinajstić information content (AvgIpc) is 3.59. The molecule has 50 heavy (non-hydrogen) atoms. The summed E-state index contributed by atoms with van der Waals surface area (Å²) in [7, 11) is 0. The Morgan fingerprint density at radius 1 is 0.340 bits per heavy atom. The van der Waals surface area contributed by atoms with E-state index < -0.39 is 0 Å². The Labute approximate surface area is 294 Å². The van der Waals surface area contributed by atoms with Crippen molar-refractivity contribution < 1.29 is 0 Å². The fourth-order valence-corrected chi connectivity index (χ4v) is 8.78. The van der Waals surface area contributed by atoms with E-state index in [0.29, 0.717) is 0 Å². The molecule has 0 aliphatic rings. The Morgan fingerprint density at radius 2 is 0.900 bits per heavy atom. The molecule has 0 amide bonds. The highest BCUT2D eigenvalue weighted by Gasteiger charge is 2.16. The molecule has 1 aromatic heterocycles. The summed E-state index contributed by atoms with van der Waals surface area (Å²) in [5.74, 6) is 0. The summed E-state index contributed by atoms with van der Waals surface area (Å²) in [5, 5.41) is 14.0. The number of hydrogen-bond donors (Lipinski definition) is 1. The maximum atomic E-state index is 3.81. The van der Waals surface area contributed by atoms with Crippen molar-refractivity contribution in [1.29, 1.82) is 0 Å². The molecule has 9 aromatic carbocycles. The summed E-state index contributed by atoms with van der Waals surface area (Å²) >= 11 is 1.88. The third-order valence-electron chi connectivity index (χ3n) is 10.00. The van der Waals surface area contributed by atoms with Crippen molar-refractivity contribution in [2.24, 2.45) is 0 Å². The van der Waals surface area contributed by atoms with Crippen LogP contribution in [0.25, 0.3) is 85.9 Å². The minimum atomic E-state index is 1.08. The summed E-state index contributed by atoms with van der Waals surface area (Å²) in [6.45, 7) is 0. The van der Waals surface area contributed by atoms with E-state index in [2.05, 4.69) is 187 Å². The minimum Gasteiger partial charge on any atom is -0.354 e. The zero-order chi connectivity index (χ0) is 33.0. The Bertz CT molecular complexity index is 2880. The topological polar surface area (TPSA) is 12.0 Å². The van der Waals surface area contributed by atoms with Crippen LogP contribution >= 0.6 is 11.3 Å². The lowest BCUT2D eigenvalue weighted by Crippen LogP contribution is -1.91. The molecule has 234 valence electrons. The molecule has 0 unspecified atom stereocenters. The Balaban J connectivity index is 0.987. The zero-order valence-electron chi connectivity index (χ0n) is 27.2. The monoisotopic (exact) mass is 653 g/mol. The number of nitrogens with one attached hydrogen (secondary N) is 1. The highest BCUT2D eigenvalue weighted by atomic mass is 32.1. The van der Waals surface area contributed by atoms with E-state index in [4.69, 9.17) is 0 Å². The fraction of sp³-hybridized carbons (Fsp3) is 0. The number of benzene rings is 9. The third kappa shape index (κ3) is 4.92. The van der Waals surface area contributed by atoms with Gasteiger partial charge in [-0.2, -0.15) is 0 Å². The first-order valence-corrected chi connectivity index (χ1v) is 17.9. The average molecular weight is 654 g/mol. The van der Waals surface area contributed by atoms with Crippen LogP contribution in [0.1, 0.15) is 0 Å². The van der Waals surface area contributed by atoms with Crippen molar-refractivity contribution in [3.63, 3.8) is 0 Å². The van der Waals surface area contributed by atoms with Crippen molar-refractivity contribution in [1.82, 2.24) is 0 Å². The molecule has 0 saturated heterocycles. The summed E-state index contributed by atoms with van der Waals surface area (Å²) < 4.78 is 2.60. The second-order valence-corrected chi connectivity index (χ2v) is 14.1. The van der Waals surface area contributed by atoms with Crippen molar-refractivity contribution in [2.45, 2.75) is 0 Å². The van der Waals surface area contributed by atoms with E-state index in [1.807, 2.05) is 11.3 Å². The molecule has 0 fully saturated rings. The predicted octanol–water partition coefficient (Wildman–Crippen LogP) is 14.3. The lowest BCUT2D eigenvalue weighted by Gasteiger charge is -2.12. The maximum Gasteiger partial charge on any atom is 0.0597 e. The standard InChI is InChI=1S/C48H31NS/c1-2-10-33(11-3-1)43-15-8-16-44-46-42-14-7-6-13-40(42)30-45(48(46)50-47(43)44)49-41-25-23-32(24-26-41)35-19-20-38-29-39(22-21-37(38)28-35)36-18-17-31-9-4-5-12-34(31)27-36/h1-30,49H. The van der Waals surface area contributed by atoms with Gasteiger partial charge in [0.05, 0.1) is 10.4 Å². The first-order valence-electron chi connectivity index (χ1n) is 17.1. The summed E-state index contributed by atoms with van der Waals surface area (Å²) in [6, 6.07) is 66.2. The van der Waals surface area contributed by atoms with Gasteiger partial charge in [0, 0.05) is 21.2 Å². The van der Waals surface area contributed by atoms with Gasteiger partial charge < -0.3 is 5.32 Å². The molecular formula is C48H31NS. The van der Waals surface area contributed by atoms with Crippen LogP contribution in [0.4, 0.5) is 11.4 Å². The van der Waals surface area contributed by atoms with Crippen molar-refractivity contribution >= 4 is 75.2 Å². The first kappa shape index (κ1) is 28.8. The fourth-order valence-electron chi connectivity index (χ4n) is 7.46. The molecule has 2 heteroatoms. The van der Waals surface area contributed by atoms with E-state index >= 15 is 0 Å². The minimum absolute atomic E-state index is 1.08. The van der Waals surface area contributed by atoms with E-state index in [1.54, 1.807) is 0 Å². The van der Waals surface area contributed by atoms with Crippen LogP contribution in [0.15, 0.2) is 182 Å². The van der Waals surface area contributed by atoms with Crippen LogP contribution in [-0.4, -0.2) is 0 Å². The van der Waals surface area contributed by atoms with Gasteiger partial charge in [0.2, 0.25) is 0 Å². The van der Waals surface area contributed by atoms with Gasteiger partial charge in [-0.25, -0.2) is 0 Å². The molecule has 0 saturated carbocycles. The van der Waals surface area contributed by atoms with Crippen molar-refractivity contribution in [2.75, 3.05) is 5.32 Å². The Morgan fingerprint density at radius 3 is 1.64 bits per heavy atom. The van der Waals surface area contributed by atoms with Crippen LogP contribution < -0.4 is 5.32 Å². The van der Waals surface area contributed by atoms with Gasteiger partial charge >= 0.3 is 0 Å². The molecule has 0 radical (unpaired) electrons. The molecule has 0 spiro atoms. The predicted molar refractivity (Wildman–Crippen MR) is 218 cm³/mol. The molecule has 1 nitrogen and oxygen atoms in total. The van der Waals surface area contributed by atoms with Gasteiger partial charge in [0.25, 0.3) is 0 Å². The Kier molecular flexibility index (Phi) is 6.75. The van der Waals surface area contributed by atoms with Crippen LogP contribution in [-0.2, 0) is 0 Å². The SMILES string of the molecule is c1ccc(-c2cccc3c2sc2c(Nc4ccc(-c5ccc6cc(-c7ccc8ccccc8c7)ccc6c5)cc4)cc4ccccc4c23)cc1. The van der Waals surface area contributed by atoms with Gasteiger partial charge in [0.15, 0.2) is 0 Å². The Hall–Kier alpha value is -6.22. The molecule has 10 rings (SSSR count). The molecule has 0 aliphatic carbocycles. The van der Waals surface area contributed by atoms with E-state index in [-0.39, 0.29) is 0 Å². The van der Waals surface area contributed by atoms with E-state index in [9.17, 15) is 0 Å². The third-order valence-corrected chi connectivity index (χ3v) is 11.3. The van der Waals surface area contributed by atoms with Gasteiger partial charge in [-0.3, -0.25) is 0 Å². The van der Waals surface area contributed by atoms with Gasteiger partial charge in [-0.05, 0) is 102 Å². The number of anilines is 2. The summed E-state index contributed by atoms with van der Waals surface area (Å²) in [6.07, 6.45) is 0. The van der Waals surface area contributed by atoms with Crippen molar-refractivity contribution in [3.05, 3.63) is 182 Å². The normalized spacial score (nSPS) is 11.6. The number of rotatable bonds is 5. The lowest BCUT2D eigenvalue weighted by atomic mass is 9.96. The summed E-state index contributed by atoms with van der Waals surface area (Å²) in [4.78, 5) is 0. The van der Waals surface area contributed by atoms with E-state index in [1.165, 1.54) is 85.9 Å². The van der Waals surface area contributed by atoms with Crippen LogP contribution in [0.5, 0.6) is 0 Å². The number of thiophene rings is 1. The lowest BCUT2D eigenvalue weighted by molar-refractivity contribution is 1.58. The van der Waals surface area contributed by atoms with Crippen LogP contribution in [0.3, 0.4) is 0 Å². The quantitative estimate of drug-likeness (QED) is 0.195. The van der Waals surface area contributed by atoms with Gasteiger partial charge in [-0.15, -0.1) is 11.3 Å². The molecular weight excluding hydrogens is 623 g/mol. The zero-order valence-corrected chi connectivity index (χ0v) is 28.0. The highest BCUT2D eigenvalue weighted by Crippen LogP contribution is 2.46. The highest BCUT2D eigenvalue weighted by molar-refractivity contribution is 7.27. The number of fused-ring (bicyclic) bond motifs is 7. The van der Waals surface area contributed by atoms with Gasteiger partial charge in [-0.1, -0.05) is 146 Å². The molecule has 1 heterocycles. The molecule has 0 bridgehead atoms. The first-order chi connectivity index (χ1) is 24.7. The maximum absolute atomic E-state index is 3.81.